The monoisotopic (exact) mass is 661 g/mol. The molecular formula is C35H34IrN-. The third-order valence-electron chi connectivity index (χ3n) is 8.44. The molecule has 2 aliphatic carbocycles. The molecule has 1 heterocycles. The van der Waals surface area contributed by atoms with E-state index in [4.69, 9.17) is 4.98 Å². The Morgan fingerprint density at radius 1 is 0.757 bits per heavy atom. The molecule has 37 heavy (non-hydrogen) atoms. The Kier molecular flexibility index (Phi) is 6.86. The summed E-state index contributed by atoms with van der Waals surface area (Å²) in [5, 5.41) is 2.58. The molecule has 2 aliphatic rings. The molecule has 0 spiro atoms. The van der Waals surface area contributed by atoms with Crippen LogP contribution >= 0.6 is 0 Å². The number of allylic oxidation sites excluding steroid dienone is 4. The smallest absolute Gasteiger partial charge is 0.0377 e. The molecule has 0 N–H and O–H groups in total. The Balaban J connectivity index is 0.00000280. The number of benzene rings is 3. The fourth-order valence-electron chi connectivity index (χ4n) is 6.07. The van der Waals surface area contributed by atoms with Crippen LogP contribution in [0.3, 0.4) is 0 Å². The first-order valence-electron chi connectivity index (χ1n) is 13.2. The Labute approximate surface area is 235 Å². The normalized spacial score (nSPS) is 19.6. The van der Waals surface area contributed by atoms with Crippen molar-refractivity contribution in [2.45, 2.75) is 63.7 Å². The summed E-state index contributed by atoms with van der Waals surface area (Å²) < 4.78 is 0. The van der Waals surface area contributed by atoms with Gasteiger partial charge in [0.15, 0.2) is 0 Å². The zero-order valence-corrected chi connectivity index (χ0v) is 24.5. The minimum Gasteiger partial charge on any atom is -0.266 e. The first-order valence-corrected chi connectivity index (χ1v) is 13.2. The van der Waals surface area contributed by atoms with E-state index in [-0.39, 0.29) is 36.9 Å². The van der Waals surface area contributed by atoms with Crippen molar-refractivity contribution in [1.82, 2.24) is 4.98 Å². The van der Waals surface area contributed by atoms with E-state index < -0.39 is 0 Å². The molecule has 1 radical (unpaired) electrons. The molecule has 0 amide bonds. The molecule has 1 unspecified atom stereocenters. The van der Waals surface area contributed by atoms with Crippen molar-refractivity contribution in [2.24, 2.45) is 0 Å². The van der Waals surface area contributed by atoms with Gasteiger partial charge in [-0.25, -0.2) is 12.2 Å². The Morgan fingerprint density at radius 3 is 2.19 bits per heavy atom. The number of nitrogens with zero attached hydrogens (tertiary/aromatic N) is 1. The molecule has 1 aromatic heterocycles. The second kappa shape index (κ2) is 9.82. The van der Waals surface area contributed by atoms with Crippen molar-refractivity contribution in [3.8, 4) is 11.1 Å². The SMILES string of the molecule is CC1(C)CCC(C)(C)c2cc3c(C4[C-]=CC=C(c5cccc(-c6ccccc6)c5)C4)nccc3cc21.[Ir]. The molecule has 0 aliphatic heterocycles. The zero-order valence-electron chi connectivity index (χ0n) is 22.1. The zero-order chi connectivity index (χ0) is 24.9. The van der Waals surface area contributed by atoms with Crippen LogP contribution in [0.5, 0.6) is 0 Å². The third kappa shape index (κ3) is 4.78. The van der Waals surface area contributed by atoms with Gasteiger partial charge in [0.25, 0.3) is 0 Å². The first-order chi connectivity index (χ1) is 17.3. The molecule has 0 fully saturated rings. The molecular weight excluding hydrogens is 627 g/mol. The molecule has 189 valence electrons. The van der Waals surface area contributed by atoms with E-state index in [0.29, 0.717) is 0 Å². The molecule has 2 heteroatoms. The van der Waals surface area contributed by atoms with E-state index in [1.54, 1.807) is 0 Å². The molecule has 3 aromatic carbocycles. The Morgan fingerprint density at radius 2 is 1.43 bits per heavy atom. The fourth-order valence-corrected chi connectivity index (χ4v) is 6.07. The van der Waals surface area contributed by atoms with Crippen LogP contribution in [0.25, 0.3) is 27.5 Å². The third-order valence-corrected chi connectivity index (χ3v) is 8.44. The standard InChI is InChI=1S/C35H34N.Ir/c1-34(2)17-18-35(3,4)32-23-30-28(22-31(32)34)16-19-36-33(30)29-15-9-14-27(21-29)26-13-8-12-25(20-26)24-10-6-5-7-11-24;/h5-14,16,19-20,22-23,29H,17-18,21H2,1-4H3;/q-1;. The summed E-state index contributed by atoms with van der Waals surface area (Å²) in [6, 6.07) is 26.6. The topological polar surface area (TPSA) is 12.9 Å². The van der Waals surface area contributed by atoms with Crippen LogP contribution in [0.4, 0.5) is 0 Å². The van der Waals surface area contributed by atoms with Gasteiger partial charge in [-0.15, -0.1) is 5.57 Å². The summed E-state index contributed by atoms with van der Waals surface area (Å²) in [5.41, 5.74) is 9.66. The quantitative estimate of drug-likeness (QED) is 0.200. The molecule has 0 saturated carbocycles. The minimum atomic E-state index is 0. The minimum absolute atomic E-state index is 0. The van der Waals surface area contributed by atoms with Crippen molar-refractivity contribution in [2.75, 3.05) is 0 Å². The average Bonchev–Trinajstić information content (AvgIpc) is 2.91. The first kappa shape index (κ1) is 25.8. The molecule has 6 rings (SSSR count). The van der Waals surface area contributed by atoms with Gasteiger partial charge in [0.05, 0.1) is 0 Å². The van der Waals surface area contributed by atoms with Gasteiger partial charge in [0.1, 0.15) is 0 Å². The van der Waals surface area contributed by atoms with E-state index in [2.05, 4.69) is 119 Å². The van der Waals surface area contributed by atoms with E-state index in [1.807, 2.05) is 6.20 Å². The van der Waals surface area contributed by atoms with Gasteiger partial charge in [0, 0.05) is 37.4 Å². The van der Waals surface area contributed by atoms with Gasteiger partial charge in [-0.3, -0.25) is 11.1 Å². The van der Waals surface area contributed by atoms with Gasteiger partial charge in [0.2, 0.25) is 0 Å². The van der Waals surface area contributed by atoms with Gasteiger partial charge in [-0.05, 0) is 81.5 Å². The fraction of sp³-hybridized carbons (Fsp3) is 0.286. The van der Waals surface area contributed by atoms with Crippen molar-refractivity contribution >= 4 is 16.3 Å². The number of rotatable bonds is 3. The van der Waals surface area contributed by atoms with Gasteiger partial charge in [-0.1, -0.05) is 88.2 Å². The largest absolute Gasteiger partial charge is 0.266 e. The van der Waals surface area contributed by atoms with E-state index in [9.17, 15) is 0 Å². The van der Waals surface area contributed by atoms with Crippen LogP contribution in [0.2, 0.25) is 0 Å². The summed E-state index contributed by atoms with van der Waals surface area (Å²) in [5.74, 6) is 0.145. The maximum atomic E-state index is 4.95. The summed E-state index contributed by atoms with van der Waals surface area (Å²) in [6.45, 7) is 9.59. The second-order valence-corrected chi connectivity index (χ2v) is 11.8. The number of fused-ring (bicyclic) bond motifs is 2. The van der Waals surface area contributed by atoms with E-state index in [0.717, 1.165) is 12.1 Å². The van der Waals surface area contributed by atoms with Crippen molar-refractivity contribution < 1.29 is 20.1 Å². The van der Waals surface area contributed by atoms with Crippen LogP contribution in [-0.4, -0.2) is 4.98 Å². The number of aromatic nitrogens is 1. The predicted octanol–water partition coefficient (Wildman–Crippen LogP) is 9.18. The van der Waals surface area contributed by atoms with E-state index >= 15 is 0 Å². The van der Waals surface area contributed by atoms with Gasteiger partial charge in [-0.2, -0.15) is 0 Å². The van der Waals surface area contributed by atoms with Gasteiger partial charge < -0.3 is 0 Å². The average molecular weight is 661 g/mol. The van der Waals surface area contributed by atoms with Crippen LogP contribution in [0.1, 0.15) is 75.3 Å². The maximum Gasteiger partial charge on any atom is 0.0377 e. The van der Waals surface area contributed by atoms with Crippen LogP contribution in [-0.2, 0) is 30.9 Å². The molecule has 1 atom stereocenters. The molecule has 1 nitrogen and oxygen atoms in total. The van der Waals surface area contributed by atoms with Crippen molar-refractivity contribution in [1.29, 1.82) is 0 Å². The molecule has 4 aromatic rings. The van der Waals surface area contributed by atoms with Crippen LogP contribution in [0.15, 0.2) is 91.1 Å². The summed E-state index contributed by atoms with van der Waals surface area (Å²) in [7, 11) is 0. The van der Waals surface area contributed by atoms with E-state index in [1.165, 1.54) is 57.0 Å². The summed E-state index contributed by atoms with van der Waals surface area (Å²) in [6.07, 6.45) is 13.3. The molecule has 0 saturated heterocycles. The van der Waals surface area contributed by atoms with Crippen LogP contribution in [0, 0.1) is 6.08 Å². The maximum absolute atomic E-state index is 4.95. The van der Waals surface area contributed by atoms with Crippen molar-refractivity contribution in [3.05, 3.63) is 120 Å². The molecule has 0 bridgehead atoms. The van der Waals surface area contributed by atoms with Crippen LogP contribution < -0.4 is 0 Å². The Bertz CT molecular complexity index is 1510. The Hall–Kier alpha value is -2.80. The van der Waals surface area contributed by atoms with Gasteiger partial charge >= 0.3 is 0 Å². The predicted molar refractivity (Wildman–Crippen MR) is 152 cm³/mol. The summed E-state index contributed by atoms with van der Waals surface area (Å²) in [4.78, 5) is 4.95. The summed E-state index contributed by atoms with van der Waals surface area (Å²) >= 11 is 0. The number of hydrogen-bond donors (Lipinski definition) is 0. The van der Waals surface area contributed by atoms with Crippen molar-refractivity contribution in [3.63, 3.8) is 0 Å². The second-order valence-electron chi connectivity index (χ2n) is 11.8. The number of hydrogen-bond acceptors (Lipinski definition) is 1. The number of pyridine rings is 1.